The van der Waals surface area contributed by atoms with Gasteiger partial charge in [-0.05, 0) is 49.4 Å². The summed E-state index contributed by atoms with van der Waals surface area (Å²) < 4.78 is 10.8. The fourth-order valence-corrected chi connectivity index (χ4v) is 2.69. The molecule has 3 aromatic rings. The van der Waals surface area contributed by atoms with E-state index in [-0.39, 0.29) is 18.0 Å². The van der Waals surface area contributed by atoms with Gasteiger partial charge in [-0.3, -0.25) is 4.79 Å². The molecule has 1 aromatic heterocycles. The van der Waals surface area contributed by atoms with Crippen LogP contribution in [0, 0.1) is 0 Å². The Hall–Kier alpha value is -3.11. The molecule has 0 N–H and O–H groups in total. The first-order chi connectivity index (χ1) is 13.1. The maximum Gasteiger partial charge on any atom is 0.339 e. The van der Waals surface area contributed by atoms with Gasteiger partial charge in [0.2, 0.25) is 0 Å². The number of furan rings is 1. The Kier molecular flexibility index (Phi) is 5.89. The van der Waals surface area contributed by atoms with Gasteiger partial charge in [-0.15, -0.1) is 0 Å². The van der Waals surface area contributed by atoms with Crippen molar-refractivity contribution in [1.82, 2.24) is 0 Å². The van der Waals surface area contributed by atoms with Crippen LogP contribution in [0.25, 0.3) is 17.4 Å². The number of benzene rings is 2. The Labute approximate surface area is 162 Å². The van der Waals surface area contributed by atoms with E-state index in [0.717, 1.165) is 0 Å². The lowest BCUT2D eigenvalue weighted by molar-refractivity contribution is 0.0526. The number of carbonyl (C=O) groups is 2. The predicted molar refractivity (Wildman–Crippen MR) is 105 cm³/mol. The SMILES string of the molecule is CCOC(=O)c1cc(-c2ccc(/C=C/C(=O)c3ccccc3)o2)ccc1Cl. The van der Waals surface area contributed by atoms with Crippen LogP contribution in [0.4, 0.5) is 0 Å². The lowest BCUT2D eigenvalue weighted by Crippen LogP contribution is -2.05. The van der Waals surface area contributed by atoms with Crippen LogP contribution in [0.1, 0.15) is 33.4 Å². The smallest absolute Gasteiger partial charge is 0.339 e. The number of ketones is 1. The normalized spacial score (nSPS) is 10.9. The highest BCUT2D eigenvalue weighted by atomic mass is 35.5. The predicted octanol–water partition coefficient (Wildman–Crippen LogP) is 5.67. The van der Waals surface area contributed by atoms with Gasteiger partial charge in [-0.1, -0.05) is 41.9 Å². The Balaban J connectivity index is 1.80. The molecule has 136 valence electrons. The van der Waals surface area contributed by atoms with E-state index in [9.17, 15) is 9.59 Å². The van der Waals surface area contributed by atoms with E-state index < -0.39 is 5.97 Å². The quantitative estimate of drug-likeness (QED) is 0.314. The molecule has 0 radical (unpaired) electrons. The van der Waals surface area contributed by atoms with Crippen molar-refractivity contribution >= 4 is 29.4 Å². The molecule has 5 heteroatoms. The van der Waals surface area contributed by atoms with Crippen molar-refractivity contribution in [3.63, 3.8) is 0 Å². The highest BCUT2D eigenvalue weighted by Crippen LogP contribution is 2.27. The number of hydrogen-bond donors (Lipinski definition) is 0. The molecule has 27 heavy (non-hydrogen) atoms. The molecule has 0 atom stereocenters. The fraction of sp³-hybridized carbons (Fsp3) is 0.0909. The van der Waals surface area contributed by atoms with Gasteiger partial charge in [0.05, 0.1) is 17.2 Å². The van der Waals surface area contributed by atoms with Crippen LogP contribution in [-0.4, -0.2) is 18.4 Å². The van der Waals surface area contributed by atoms with Crippen molar-refractivity contribution in [3.8, 4) is 11.3 Å². The van der Waals surface area contributed by atoms with Crippen molar-refractivity contribution < 1.29 is 18.7 Å². The number of esters is 1. The molecular formula is C22H17ClO4. The first-order valence-corrected chi connectivity index (χ1v) is 8.80. The standard InChI is InChI=1S/C22H17ClO4/c1-2-26-22(25)18-14-16(8-11-19(18)23)21-13-10-17(27-21)9-12-20(24)15-6-4-3-5-7-15/h3-14H,2H2,1H3/b12-9+. The average Bonchev–Trinajstić information content (AvgIpc) is 3.16. The summed E-state index contributed by atoms with van der Waals surface area (Å²) in [5.41, 5.74) is 1.58. The number of hydrogen-bond acceptors (Lipinski definition) is 4. The lowest BCUT2D eigenvalue weighted by Gasteiger charge is -2.05. The van der Waals surface area contributed by atoms with Gasteiger partial charge < -0.3 is 9.15 Å². The summed E-state index contributed by atoms with van der Waals surface area (Å²) in [6.45, 7) is 2.00. The molecule has 3 rings (SSSR count). The molecule has 0 aliphatic carbocycles. The molecule has 0 fully saturated rings. The summed E-state index contributed by atoms with van der Waals surface area (Å²) in [4.78, 5) is 24.1. The van der Waals surface area contributed by atoms with Crippen molar-refractivity contribution in [2.24, 2.45) is 0 Å². The highest BCUT2D eigenvalue weighted by Gasteiger charge is 2.14. The molecule has 0 amide bonds. The number of carbonyl (C=O) groups excluding carboxylic acids is 2. The summed E-state index contributed by atoms with van der Waals surface area (Å²) in [5.74, 6) is 0.500. The van der Waals surface area contributed by atoms with Crippen molar-refractivity contribution in [2.45, 2.75) is 6.92 Å². The Bertz CT molecular complexity index is 987. The second-order valence-electron chi connectivity index (χ2n) is 5.68. The summed E-state index contributed by atoms with van der Waals surface area (Å²) in [6.07, 6.45) is 3.07. The van der Waals surface area contributed by atoms with E-state index in [4.69, 9.17) is 20.8 Å². The van der Waals surface area contributed by atoms with Crippen molar-refractivity contribution in [3.05, 3.63) is 88.6 Å². The molecule has 1 heterocycles. The molecule has 0 saturated heterocycles. The lowest BCUT2D eigenvalue weighted by atomic mass is 10.1. The summed E-state index contributed by atoms with van der Waals surface area (Å²) in [5, 5.41) is 0.317. The molecule has 0 unspecified atom stereocenters. The van der Waals surface area contributed by atoms with Gasteiger partial charge in [0.25, 0.3) is 0 Å². The van der Waals surface area contributed by atoms with Crippen molar-refractivity contribution in [2.75, 3.05) is 6.61 Å². The topological polar surface area (TPSA) is 56.5 Å². The first kappa shape index (κ1) is 18.7. The van der Waals surface area contributed by atoms with Gasteiger partial charge >= 0.3 is 5.97 Å². The fourth-order valence-electron chi connectivity index (χ4n) is 2.50. The molecule has 0 saturated carbocycles. The third-order valence-corrected chi connectivity index (χ3v) is 4.16. The molecule has 4 nitrogen and oxygen atoms in total. The van der Waals surface area contributed by atoms with Gasteiger partial charge in [0, 0.05) is 11.1 Å². The third kappa shape index (κ3) is 4.54. The first-order valence-electron chi connectivity index (χ1n) is 8.43. The number of rotatable bonds is 6. The monoisotopic (exact) mass is 380 g/mol. The zero-order valence-corrected chi connectivity index (χ0v) is 15.4. The van der Waals surface area contributed by atoms with E-state index in [1.165, 1.54) is 6.08 Å². The molecule has 0 spiro atoms. The van der Waals surface area contributed by atoms with Crippen LogP contribution in [0.5, 0.6) is 0 Å². The van der Waals surface area contributed by atoms with E-state index in [0.29, 0.717) is 27.7 Å². The minimum Gasteiger partial charge on any atom is -0.462 e. The molecule has 0 bridgehead atoms. The van der Waals surface area contributed by atoms with Crippen LogP contribution in [0.15, 0.2) is 71.2 Å². The number of allylic oxidation sites excluding steroid dienone is 1. The van der Waals surface area contributed by atoms with Crippen LogP contribution < -0.4 is 0 Å². The Morgan fingerprint density at radius 2 is 1.85 bits per heavy atom. The minimum atomic E-state index is -0.482. The van der Waals surface area contributed by atoms with Gasteiger partial charge in [-0.25, -0.2) is 4.79 Å². The van der Waals surface area contributed by atoms with E-state index in [1.54, 1.807) is 55.5 Å². The van der Waals surface area contributed by atoms with E-state index >= 15 is 0 Å². The third-order valence-electron chi connectivity index (χ3n) is 3.83. The largest absolute Gasteiger partial charge is 0.462 e. The maximum absolute atomic E-state index is 12.1. The van der Waals surface area contributed by atoms with Crippen LogP contribution in [0.3, 0.4) is 0 Å². The Morgan fingerprint density at radius 1 is 1.07 bits per heavy atom. The van der Waals surface area contributed by atoms with E-state index in [2.05, 4.69) is 0 Å². The summed E-state index contributed by atoms with van der Waals surface area (Å²) in [7, 11) is 0. The second kappa shape index (κ2) is 8.52. The van der Waals surface area contributed by atoms with Crippen molar-refractivity contribution in [1.29, 1.82) is 0 Å². The van der Waals surface area contributed by atoms with Crippen LogP contribution in [0.2, 0.25) is 5.02 Å². The van der Waals surface area contributed by atoms with Crippen LogP contribution >= 0.6 is 11.6 Å². The van der Waals surface area contributed by atoms with Gasteiger partial charge in [0.1, 0.15) is 11.5 Å². The molecule has 2 aromatic carbocycles. The van der Waals surface area contributed by atoms with Crippen LogP contribution in [-0.2, 0) is 4.74 Å². The zero-order chi connectivity index (χ0) is 19.2. The zero-order valence-electron chi connectivity index (χ0n) is 14.6. The number of halogens is 1. The number of ether oxygens (including phenoxy) is 1. The Morgan fingerprint density at radius 3 is 2.59 bits per heavy atom. The minimum absolute atomic E-state index is 0.107. The van der Waals surface area contributed by atoms with E-state index in [1.807, 2.05) is 18.2 Å². The summed E-state index contributed by atoms with van der Waals surface area (Å²) in [6, 6.07) is 17.5. The second-order valence-corrected chi connectivity index (χ2v) is 6.09. The average molecular weight is 381 g/mol. The molecule has 0 aliphatic heterocycles. The van der Waals surface area contributed by atoms with Gasteiger partial charge in [-0.2, -0.15) is 0 Å². The molecule has 0 aliphatic rings. The van der Waals surface area contributed by atoms with Gasteiger partial charge in [0.15, 0.2) is 5.78 Å². The summed E-state index contributed by atoms with van der Waals surface area (Å²) >= 11 is 6.08. The highest BCUT2D eigenvalue weighted by molar-refractivity contribution is 6.33. The molecular weight excluding hydrogens is 364 g/mol. The maximum atomic E-state index is 12.1.